The molecule has 1 aliphatic heterocycles. The standard InChI is InChI=1S/C26H34N2O3S/c1-18-22(27-25(32-18)28-14-5-4-6-15-28)13-16-31-23-12-8-10-20-19(9-7-11-21(20)23)17-26(2,3)24(29)30/h8-10,12H,4-7,11,13-17H2,1-3H3,(H,29,30). The summed E-state index contributed by atoms with van der Waals surface area (Å²) in [6.07, 6.45) is 9.21. The predicted octanol–water partition coefficient (Wildman–Crippen LogP) is 5.89. The van der Waals surface area contributed by atoms with E-state index in [4.69, 9.17) is 9.72 Å². The Labute approximate surface area is 195 Å². The second-order valence-corrected chi connectivity index (χ2v) is 10.7. The minimum Gasteiger partial charge on any atom is -0.493 e. The number of anilines is 1. The average molecular weight is 455 g/mol. The van der Waals surface area contributed by atoms with Crippen LogP contribution < -0.4 is 9.64 Å². The first kappa shape index (κ1) is 22.8. The first-order valence-corrected chi connectivity index (χ1v) is 12.6. The van der Waals surface area contributed by atoms with Gasteiger partial charge >= 0.3 is 5.97 Å². The van der Waals surface area contributed by atoms with Gasteiger partial charge in [-0.3, -0.25) is 4.79 Å². The smallest absolute Gasteiger partial charge is 0.309 e. The molecule has 1 aliphatic carbocycles. The number of aliphatic carboxylic acids is 1. The van der Waals surface area contributed by atoms with Gasteiger partial charge in [0.1, 0.15) is 5.75 Å². The normalized spacial score (nSPS) is 16.5. The largest absolute Gasteiger partial charge is 0.493 e. The number of carboxylic acids is 1. The van der Waals surface area contributed by atoms with Crippen molar-refractivity contribution in [1.82, 2.24) is 4.98 Å². The van der Waals surface area contributed by atoms with E-state index in [1.54, 1.807) is 25.2 Å². The fourth-order valence-electron chi connectivity index (χ4n) is 4.60. The van der Waals surface area contributed by atoms with E-state index < -0.39 is 11.4 Å². The molecule has 4 rings (SSSR count). The summed E-state index contributed by atoms with van der Waals surface area (Å²) in [5, 5.41) is 10.7. The van der Waals surface area contributed by atoms with Crippen LogP contribution in [-0.2, 0) is 17.6 Å². The molecule has 2 aromatic rings. The van der Waals surface area contributed by atoms with Crippen LogP contribution in [0.1, 0.15) is 67.6 Å². The molecule has 172 valence electrons. The molecule has 2 heterocycles. The van der Waals surface area contributed by atoms with Crippen molar-refractivity contribution >= 4 is 28.0 Å². The van der Waals surface area contributed by atoms with Gasteiger partial charge in [-0.15, -0.1) is 11.3 Å². The predicted molar refractivity (Wildman–Crippen MR) is 131 cm³/mol. The molecule has 1 aromatic carbocycles. The van der Waals surface area contributed by atoms with Gasteiger partial charge in [0.25, 0.3) is 0 Å². The second kappa shape index (κ2) is 9.65. The van der Waals surface area contributed by atoms with Crippen molar-refractivity contribution in [1.29, 1.82) is 0 Å². The van der Waals surface area contributed by atoms with Gasteiger partial charge in [-0.25, -0.2) is 4.98 Å². The van der Waals surface area contributed by atoms with E-state index in [0.29, 0.717) is 13.0 Å². The summed E-state index contributed by atoms with van der Waals surface area (Å²) in [6, 6.07) is 6.15. The summed E-state index contributed by atoms with van der Waals surface area (Å²) in [7, 11) is 0. The quantitative estimate of drug-likeness (QED) is 0.538. The Morgan fingerprint density at radius 1 is 1.25 bits per heavy atom. The van der Waals surface area contributed by atoms with Crippen LogP contribution in [0.15, 0.2) is 24.3 Å². The fourth-order valence-corrected chi connectivity index (χ4v) is 5.61. The van der Waals surface area contributed by atoms with Crippen LogP contribution in [0, 0.1) is 12.3 Å². The Morgan fingerprint density at radius 3 is 2.78 bits per heavy atom. The number of aryl methyl sites for hydroxylation is 1. The Balaban J connectivity index is 1.42. The van der Waals surface area contributed by atoms with Gasteiger partial charge in [0, 0.05) is 30.0 Å². The lowest BCUT2D eigenvalue weighted by molar-refractivity contribution is -0.146. The molecular weight excluding hydrogens is 420 g/mol. The van der Waals surface area contributed by atoms with E-state index >= 15 is 0 Å². The van der Waals surface area contributed by atoms with E-state index in [9.17, 15) is 9.90 Å². The number of aromatic nitrogens is 1. The number of allylic oxidation sites excluding steroid dienone is 2. The molecule has 0 atom stereocenters. The van der Waals surface area contributed by atoms with Crippen LogP contribution >= 0.6 is 11.3 Å². The van der Waals surface area contributed by atoms with Gasteiger partial charge in [-0.2, -0.15) is 0 Å². The Morgan fingerprint density at radius 2 is 2.03 bits per heavy atom. The van der Waals surface area contributed by atoms with Crippen LogP contribution in [0.25, 0.3) is 5.57 Å². The zero-order valence-electron chi connectivity index (χ0n) is 19.4. The highest BCUT2D eigenvalue weighted by atomic mass is 32.1. The van der Waals surface area contributed by atoms with Crippen molar-refractivity contribution < 1.29 is 14.6 Å². The molecule has 1 saturated heterocycles. The Bertz CT molecular complexity index is 1000. The Kier molecular flexibility index (Phi) is 6.89. The lowest BCUT2D eigenvalue weighted by atomic mass is 9.79. The highest BCUT2D eigenvalue weighted by molar-refractivity contribution is 7.15. The lowest BCUT2D eigenvalue weighted by Gasteiger charge is -2.26. The summed E-state index contributed by atoms with van der Waals surface area (Å²) in [5.41, 5.74) is 3.82. The number of ether oxygens (including phenoxy) is 1. The third kappa shape index (κ3) is 5.01. The van der Waals surface area contributed by atoms with E-state index in [1.165, 1.54) is 29.7 Å². The van der Waals surface area contributed by atoms with Gasteiger partial charge in [-0.05, 0) is 76.5 Å². The summed E-state index contributed by atoms with van der Waals surface area (Å²) < 4.78 is 6.25. The topological polar surface area (TPSA) is 62.7 Å². The van der Waals surface area contributed by atoms with Crippen molar-refractivity contribution in [3.63, 3.8) is 0 Å². The number of carboxylic acid groups (broad SMARTS) is 1. The van der Waals surface area contributed by atoms with Crippen LogP contribution in [0.2, 0.25) is 0 Å². The molecule has 0 bridgehead atoms. The molecular formula is C26H34N2O3S. The zero-order valence-corrected chi connectivity index (χ0v) is 20.3. The molecule has 0 spiro atoms. The van der Waals surface area contributed by atoms with Crippen molar-refractivity contribution in [2.75, 3.05) is 24.6 Å². The third-order valence-corrected chi connectivity index (χ3v) is 7.65. The lowest BCUT2D eigenvalue weighted by Crippen LogP contribution is -2.29. The number of thiazole rings is 1. The maximum Gasteiger partial charge on any atom is 0.309 e. The van der Waals surface area contributed by atoms with Gasteiger partial charge in [0.05, 0.1) is 17.7 Å². The minimum absolute atomic E-state index is 0.524. The molecule has 2 aliphatic rings. The van der Waals surface area contributed by atoms with Crippen molar-refractivity contribution in [2.24, 2.45) is 5.41 Å². The van der Waals surface area contributed by atoms with E-state index in [1.807, 2.05) is 12.1 Å². The first-order chi connectivity index (χ1) is 15.3. The molecule has 0 amide bonds. The SMILES string of the molecule is Cc1sc(N2CCCCC2)nc1CCOc1cccc2c1CCC=C2CC(C)(C)C(=O)O. The number of hydrogen-bond donors (Lipinski definition) is 1. The molecule has 1 fully saturated rings. The van der Waals surface area contributed by atoms with Gasteiger partial charge < -0.3 is 14.7 Å². The van der Waals surface area contributed by atoms with E-state index in [2.05, 4.69) is 24.0 Å². The molecule has 1 N–H and O–H groups in total. The van der Waals surface area contributed by atoms with Gasteiger partial charge in [0.2, 0.25) is 0 Å². The summed E-state index contributed by atoms with van der Waals surface area (Å²) >= 11 is 1.80. The zero-order chi connectivity index (χ0) is 22.7. The van der Waals surface area contributed by atoms with Crippen molar-refractivity contribution in [3.05, 3.63) is 46.0 Å². The number of fused-ring (bicyclic) bond motifs is 1. The Hall–Kier alpha value is -2.34. The number of rotatable bonds is 8. The fraction of sp³-hybridized carbons (Fsp3) is 0.538. The number of nitrogens with zero attached hydrogens (tertiary/aromatic N) is 2. The minimum atomic E-state index is -0.786. The van der Waals surface area contributed by atoms with Gasteiger partial charge in [0.15, 0.2) is 5.13 Å². The van der Waals surface area contributed by atoms with Crippen LogP contribution in [0.5, 0.6) is 5.75 Å². The first-order valence-electron chi connectivity index (χ1n) is 11.7. The van der Waals surface area contributed by atoms with Gasteiger partial charge in [-0.1, -0.05) is 18.2 Å². The molecule has 6 heteroatoms. The highest BCUT2D eigenvalue weighted by Gasteiger charge is 2.30. The van der Waals surface area contributed by atoms with E-state index in [-0.39, 0.29) is 0 Å². The molecule has 5 nitrogen and oxygen atoms in total. The number of benzene rings is 1. The maximum absolute atomic E-state index is 11.6. The average Bonchev–Trinajstić information content (AvgIpc) is 3.15. The monoisotopic (exact) mass is 454 g/mol. The second-order valence-electron chi connectivity index (χ2n) is 9.56. The number of piperidine rings is 1. The molecule has 1 aromatic heterocycles. The summed E-state index contributed by atoms with van der Waals surface area (Å²) in [4.78, 5) is 20.2. The van der Waals surface area contributed by atoms with Crippen LogP contribution in [-0.4, -0.2) is 35.8 Å². The van der Waals surface area contributed by atoms with E-state index in [0.717, 1.165) is 60.1 Å². The number of hydrogen-bond acceptors (Lipinski definition) is 5. The summed E-state index contributed by atoms with van der Waals surface area (Å²) in [6.45, 7) is 8.58. The third-order valence-electron chi connectivity index (χ3n) is 6.58. The van der Waals surface area contributed by atoms with Crippen LogP contribution in [0.4, 0.5) is 5.13 Å². The molecule has 32 heavy (non-hydrogen) atoms. The molecule has 0 unspecified atom stereocenters. The number of carbonyl (C=O) groups is 1. The van der Waals surface area contributed by atoms with Crippen molar-refractivity contribution in [3.8, 4) is 5.75 Å². The summed E-state index contributed by atoms with van der Waals surface area (Å²) in [5.74, 6) is 0.158. The molecule has 0 saturated carbocycles. The maximum atomic E-state index is 11.6. The highest BCUT2D eigenvalue weighted by Crippen LogP contribution is 2.39. The van der Waals surface area contributed by atoms with Crippen molar-refractivity contribution in [2.45, 2.75) is 65.7 Å². The van der Waals surface area contributed by atoms with Crippen LogP contribution in [0.3, 0.4) is 0 Å². The molecule has 0 radical (unpaired) electrons.